The molecule has 0 aliphatic carbocycles. The zero-order chi connectivity index (χ0) is 21.0. The van der Waals surface area contributed by atoms with E-state index in [1.165, 1.54) is 21.3 Å². The standard InChI is InChI=1S/C21H22ClN3O4/c1-13-18(20(22)25(24-13)12-14-8-6-5-7-9-14)21(26)23-15-10-16(27-2)19(29-4)17(11-15)28-3/h5-11H,12H2,1-4H3,(H,23,26). The van der Waals surface area contributed by atoms with E-state index in [0.29, 0.717) is 40.7 Å². The third-order valence-corrected chi connectivity index (χ3v) is 4.77. The van der Waals surface area contributed by atoms with Gasteiger partial charge in [0.1, 0.15) is 5.15 Å². The number of benzene rings is 2. The Morgan fingerprint density at radius 1 is 1.07 bits per heavy atom. The fourth-order valence-electron chi connectivity index (χ4n) is 3.02. The fourth-order valence-corrected chi connectivity index (χ4v) is 3.34. The predicted molar refractivity (Wildman–Crippen MR) is 112 cm³/mol. The minimum absolute atomic E-state index is 0.274. The van der Waals surface area contributed by atoms with E-state index in [2.05, 4.69) is 10.4 Å². The van der Waals surface area contributed by atoms with Gasteiger partial charge in [-0.3, -0.25) is 4.79 Å². The first kappa shape index (κ1) is 20.5. The van der Waals surface area contributed by atoms with E-state index in [1.54, 1.807) is 23.7 Å². The third-order valence-electron chi connectivity index (χ3n) is 4.39. The van der Waals surface area contributed by atoms with Gasteiger partial charge in [-0.1, -0.05) is 41.9 Å². The summed E-state index contributed by atoms with van der Waals surface area (Å²) in [6.07, 6.45) is 0. The van der Waals surface area contributed by atoms with Crippen molar-refractivity contribution in [3.05, 3.63) is 64.4 Å². The Hall–Kier alpha value is -3.19. The number of hydrogen-bond acceptors (Lipinski definition) is 5. The Morgan fingerprint density at radius 2 is 1.69 bits per heavy atom. The number of nitrogens with zero attached hydrogens (tertiary/aromatic N) is 2. The number of carbonyl (C=O) groups is 1. The van der Waals surface area contributed by atoms with Gasteiger partial charge in [0.25, 0.3) is 5.91 Å². The summed E-state index contributed by atoms with van der Waals surface area (Å²) in [6, 6.07) is 13.1. The maximum atomic E-state index is 12.9. The van der Waals surface area contributed by atoms with Gasteiger partial charge in [0.2, 0.25) is 5.75 Å². The first-order chi connectivity index (χ1) is 14.0. The molecule has 3 rings (SSSR count). The van der Waals surface area contributed by atoms with Crippen LogP contribution in [-0.4, -0.2) is 37.0 Å². The van der Waals surface area contributed by atoms with Gasteiger partial charge in [0.05, 0.1) is 39.1 Å². The van der Waals surface area contributed by atoms with Gasteiger partial charge < -0.3 is 19.5 Å². The minimum atomic E-state index is -0.374. The van der Waals surface area contributed by atoms with Crippen molar-refractivity contribution in [3.8, 4) is 17.2 Å². The SMILES string of the molecule is COc1cc(NC(=O)c2c(C)nn(Cc3ccccc3)c2Cl)cc(OC)c1OC. The van der Waals surface area contributed by atoms with Gasteiger partial charge in [-0.05, 0) is 12.5 Å². The van der Waals surface area contributed by atoms with Crippen LogP contribution >= 0.6 is 11.6 Å². The average Bonchev–Trinajstić information content (AvgIpc) is 3.00. The summed E-state index contributed by atoms with van der Waals surface area (Å²) in [5, 5.41) is 7.52. The smallest absolute Gasteiger partial charge is 0.260 e. The summed E-state index contributed by atoms with van der Waals surface area (Å²) in [7, 11) is 4.54. The molecule has 7 nitrogen and oxygen atoms in total. The summed E-state index contributed by atoms with van der Waals surface area (Å²) in [6.45, 7) is 2.22. The molecule has 0 unspecified atom stereocenters. The Morgan fingerprint density at radius 3 is 2.24 bits per heavy atom. The van der Waals surface area contributed by atoms with Crippen LogP contribution in [0.3, 0.4) is 0 Å². The molecule has 0 aliphatic rings. The molecule has 0 saturated heterocycles. The minimum Gasteiger partial charge on any atom is -0.493 e. The molecule has 0 saturated carbocycles. The van der Waals surface area contributed by atoms with E-state index in [0.717, 1.165) is 5.56 Å². The molecule has 1 N–H and O–H groups in total. The molecule has 3 aromatic rings. The van der Waals surface area contributed by atoms with Gasteiger partial charge in [-0.2, -0.15) is 5.10 Å². The predicted octanol–water partition coefficient (Wildman–Crippen LogP) is 4.17. The van der Waals surface area contributed by atoms with Crippen LogP contribution in [0, 0.1) is 6.92 Å². The number of methoxy groups -OCH3 is 3. The van der Waals surface area contributed by atoms with Gasteiger partial charge in [-0.15, -0.1) is 0 Å². The first-order valence-corrected chi connectivity index (χ1v) is 9.24. The van der Waals surface area contributed by atoms with Crippen molar-refractivity contribution < 1.29 is 19.0 Å². The van der Waals surface area contributed by atoms with Crippen molar-refractivity contribution >= 4 is 23.2 Å². The van der Waals surface area contributed by atoms with Crippen LogP contribution in [0.4, 0.5) is 5.69 Å². The van der Waals surface area contributed by atoms with Crippen molar-refractivity contribution in [3.63, 3.8) is 0 Å². The average molecular weight is 416 g/mol. The number of nitrogens with one attached hydrogen (secondary N) is 1. The molecule has 0 bridgehead atoms. The lowest BCUT2D eigenvalue weighted by molar-refractivity contribution is 0.102. The molecule has 0 radical (unpaired) electrons. The zero-order valence-electron chi connectivity index (χ0n) is 16.7. The fraction of sp³-hybridized carbons (Fsp3) is 0.238. The second kappa shape index (κ2) is 8.87. The van der Waals surface area contributed by atoms with E-state index >= 15 is 0 Å². The van der Waals surface area contributed by atoms with Gasteiger partial charge in [-0.25, -0.2) is 4.68 Å². The molecule has 1 amide bonds. The number of aromatic nitrogens is 2. The van der Waals surface area contributed by atoms with Gasteiger partial charge in [0.15, 0.2) is 11.5 Å². The molecule has 29 heavy (non-hydrogen) atoms. The highest BCUT2D eigenvalue weighted by Gasteiger charge is 2.22. The number of rotatable bonds is 7. The van der Waals surface area contributed by atoms with Crippen LogP contribution in [0.25, 0.3) is 0 Å². The number of aryl methyl sites for hydroxylation is 1. The summed E-state index contributed by atoms with van der Waals surface area (Å²) >= 11 is 6.48. The lowest BCUT2D eigenvalue weighted by atomic mass is 10.2. The zero-order valence-corrected chi connectivity index (χ0v) is 17.4. The number of amides is 1. The quantitative estimate of drug-likeness (QED) is 0.626. The summed E-state index contributed by atoms with van der Waals surface area (Å²) < 4.78 is 17.6. The maximum Gasteiger partial charge on any atom is 0.260 e. The van der Waals surface area contributed by atoms with Gasteiger partial charge >= 0.3 is 0 Å². The molecular formula is C21H22ClN3O4. The van der Waals surface area contributed by atoms with Crippen LogP contribution in [0.15, 0.2) is 42.5 Å². The van der Waals surface area contributed by atoms with Crippen LogP contribution in [0.5, 0.6) is 17.2 Å². The molecule has 0 spiro atoms. The Kier molecular flexibility index (Phi) is 6.29. The van der Waals surface area contributed by atoms with Crippen molar-refractivity contribution in [2.45, 2.75) is 13.5 Å². The normalized spacial score (nSPS) is 10.5. The molecule has 8 heteroatoms. The van der Waals surface area contributed by atoms with Crippen LogP contribution in [-0.2, 0) is 6.54 Å². The summed E-state index contributed by atoms with van der Waals surface area (Å²) in [5.74, 6) is 0.938. The number of hydrogen-bond donors (Lipinski definition) is 1. The Balaban J connectivity index is 1.88. The van der Waals surface area contributed by atoms with Crippen molar-refractivity contribution in [1.29, 1.82) is 0 Å². The summed E-state index contributed by atoms with van der Waals surface area (Å²) in [5.41, 5.74) is 2.37. The van der Waals surface area contributed by atoms with Crippen molar-refractivity contribution in [1.82, 2.24) is 9.78 Å². The monoisotopic (exact) mass is 415 g/mol. The van der Waals surface area contributed by atoms with Gasteiger partial charge in [0, 0.05) is 17.8 Å². The topological polar surface area (TPSA) is 74.6 Å². The second-order valence-electron chi connectivity index (χ2n) is 6.26. The Labute approximate surface area is 174 Å². The molecule has 1 aromatic heterocycles. The third kappa shape index (κ3) is 4.30. The molecule has 1 heterocycles. The summed E-state index contributed by atoms with van der Waals surface area (Å²) in [4.78, 5) is 12.9. The number of ether oxygens (including phenoxy) is 3. The van der Waals surface area contributed by atoms with E-state index in [1.807, 2.05) is 30.3 Å². The second-order valence-corrected chi connectivity index (χ2v) is 6.62. The lowest BCUT2D eigenvalue weighted by Gasteiger charge is -2.14. The molecule has 0 atom stereocenters. The van der Waals surface area contributed by atoms with E-state index in [9.17, 15) is 4.79 Å². The molecule has 152 valence electrons. The highest BCUT2D eigenvalue weighted by Crippen LogP contribution is 2.40. The molecule has 2 aromatic carbocycles. The maximum absolute atomic E-state index is 12.9. The number of halogens is 1. The molecule has 0 aliphatic heterocycles. The largest absolute Gasteiger partial charge is 0.493 e. The number of anilines is 1. The van der Waals surface area contributed by atoms with E-state index in [4.69, 9.17) is 25.8 Å². The van der Waals surface area contributed by atoms with Crippen LogP contribution < -0.4 is 19.5 Å². The number of carbonyl (C=O) groups excluding carboxylic acids is 1. The Bertz CT molecular complexity index is 993. The highest BCUT2D eigenvalue weighted by atomic mass is 35.5. The first-order valence-electron chi connectivity index (χ1n) is 8.86. The highest BCUT2D eigenvalue weighted by molar-refractivity contribution is 6.33. The van der Waals surface area contributed by atoms with Crippen LogP contribution in [0.2, 0.25) is 5.15 Å². The van der Waals surface area contributed by atoms with Crippen molar-refractivity contribution in [2.75, 3.05) is 26.6 Å². The lowest BCUT2D eigenvalue weighted by Crippen LogP contribution is -2.13. The van der Waals surface area contributed by atoms with E-state index < -0.39 is 0 Å². The van der Waals surface area contributed by atoms with Crippen molar-refractivity contribution in [2.24, 2.45) is 0 Å². The van der Waals surface area contributed by atoms with Crippen LogP contribution in [0.1, 0.15) is 21.6 Å². The molecule has 0 fully saturated rings. The molecular weight excluding hydrogens is 394 g/mol. The van der Waals surface area contributed by atoms with E-state index in [-0.39, 0.29) is 11.1 Å².